The lowest BCUT2D eigenvalue weighted by Gasteiger charge is -2.18. The van der Waals surface area contributed by atoms with Gasteiger partial charge in [0.15, 0.2) is 0 Å². The van der Waals surface area contributed by atoms with Crippen LogP contribution in [0.2, 0.25) is 0 Å². The molecule has 0 spiro atoms. The van der Waals surface area contributed by atoms with E-state index in [1.54, 1.807) is 7.11 Å². The van der Waals surface area contributed by atoms with Crippen molar-refractivity contribution in [3.63, 3.8) is 0 Å². The van der Waals surface area contributed by atoms with Gasteiger partial charge in [-0.05, 0) is 63.3 Å². The van der Waals surface area contributed by atoms with Gasteiger partial charge in [-0.1, -0.05) is 24.3 Å². The van der Waals surface area contributed by atoms with Crippen molar-refractivity contribution in [1.82, 2.24) is 25.5 Å². The summed E-state index contributed by atoms with van der Waals surface area (Å²) in [5.41, 5.74) is 2.93. The predicted octanol–water partition coefficient (Wildman–Crippen LogP) is 3.11. The number of ether oxygens (including phenoxy) is 1. The van der Waals surface area contributed by atoms with E-state index in [1.165, 1.54) is 0 Å². The van der Waals surface area contributed by atoms with Crippen molar-refractivity contribution in [2.75, 3.05) is 34.3 Å². The number of carbonyl (C=O) groups is 1. The van der Waals surface area contributed by atoms with Gasteiger partial charge in [0.1, 0.15) is 11.6 Å². The summed E-state index contributed by atoms with van der Waals surface area (Å²) < 4.78 is 5.23. The third-order valence-electron chi connectivity index (χ3n) is 4.71. The van der Waals surface area contributed by atoms with Crippen LogP contribution in [0.15, 0.2) is 48.5 Å². The van der Waals surface area contributed by atoms with Gasteiger partial charge >= 0.3 is 6.03 Å². The van der Waals surface area contributed by atoms with E-state index in [9.17, 15) is 4.79 Å². The van der Waals surface area contributed by atoms with Gasteiger partial charge in [0.05, 0.1) is 24.2 Å². The topological polar surface area (TPSA) is 82.3 Å². The molecule has 0 radical (unpaired) electrons. The number of urea groups is 1. The Morgan fingerprint density at radius 2 is 1.93 bits per heavy atom. The van der Waals surface area contributed by atoms with Crippen molar-refractivity contribution < 1.29 is 9.53 Å². The average Bonchev–Trinajstić information content (AvgIpc) is 3.15. The molecule has 0 saturated carbocycles. The molecule has 7 heteroatoms. The van der Waals surface area contributed by atoms with Crippen LogP contribution >= 0.6 is 0 Å². The number of amides is 2. The highest BCUT2D eigenvalue weighted by atomic mass is 16.5. The number of nitrogens with zero attached hydrogens (tertiary/aromatic N) is 2. The lowest BCUT2D eigenvalue weighted by molar-refractivity contribution is 0.236. The van der Waals surface area contributed by atoms with Crippen LogP contribution in [-0.2, 0) is 6.42 Å². The molecule has 3 aromatic rings. The molecular weight excluding hydrogens is 366 g/mol. The van der Waals surface area contributed by atoms with Gasteiger partial charge in [-0.3, -0.25) is 0 Å². The first-order valence-corrected chi connectivity index (χ1v) is 9.82. The maximum Gasteiger partial charge on any atom is 0.315 e. The number of hydrogen-bond donors (Lipinski definition) is 3. The molecule has 2 aromatic carbocycles. The smallest absolute Gasteiger partial charge is 0.315 e. The summed E-state index contributed by atoms with van der Waals surface area (Å²) in [6.07, 6.45) is 1.52. The Morgan fingerprint density at radius 3 is 2.62 bits per heavy atom. The zero-order valence-corrected chi connectivity index (χ0v) is 17.2. The van der Waals surface area contributed by atoms with Crippen LogP contribution in [0.1, 0.15) is 23.9 Å². The fourth-order valence-corrected chi connectivity index (χ4v) is 3.16. The molecule has 1 aromatic heterocycles. The highest BCUT2D eigenvalue weighted by Crippen LogP contribution is 2.21. The molecule has 1 atom stereocenters. The first-order valence-electron chi connectivity index (χ1n) is 9.82. The predicted molar refractivity (Wildman–Crippen MR) is 115 cm³/mol. The molecular formula is C22H29N5O2. The number of hydrogen-bond acceptors (Lipinski definition) is 4. The molecule has 7 nitrogen and oxygen atoms in total. The van der Waals surface area contributed by atoms with Gasteiger partial charge < -0.3 is 25.3 Å². The normalized spacial score (nSPS) is 12.1. The molecule has 0 bridgehead atoms. The van der Waals surface area contributed by atoms with Crippen molar-refractivity contribution in [2.24, 2.45) is 0 Å². The van der Waals surface area contributed by atoms with Crippen molar-refractivity contribution in [2.45, 2.75) is 18.9 Å². The van der Waals surface area contributed by atoms with Gasteiger partial charge in [-0.2, -0.15) is 0 Å². The Morgan fingerprint density at radius 1 is 1.17 bits per heavy atom. The molecule has 3 N–H and O–H groups in total. The maximum absolute atomic E-state index is 12.5. The Hall–Kier alpha value is -3.06. The summed E-state index contributed by atoms with van der Waals surface area (Å²) in [4.78, 5) is 22.6. The van der Waals surface area contributed by atoms with E-state index in [2.05, 4.69) is 25.5 Å². The van der Waals surface area contributed by atoms with Crippen LogP contribution in [0.5, 0.6) is 5.75 Å². The molecule has 0 fully saturated rings. The van der Waals surface area contributed by atoms with Crippen LogP contribution in [0.4, 0.5) is 4.79 Å². The lowest BCUT2D eigenvalue weighted by atomic mass is 10.1. The number of para-hydroxylation sites is 2. The van der Waals surface area contributed by atoms with Gasteiger partial charge in [0, 0.05) is 6.54 Å². The first kappa shape index (κ1) is 20.7. The maximum atomic E-state index is 12.5. The number of H-pyrrole nitrogens is 1. The van der Waals surface area contributed by atoms with Gasteiger partial charge in [0.2, 0.25) is 0 Å². The number of benzene rings is 2. The van der Waals surface area contributed by atoms with Crippen molar-refractivity contribution in [3.05, 3.63) is 59.9 Å². The second-order valence-corrected chi connectivity index (χ2v) is 7.30. The second-order valence-electron chi connectivity index (χ2n) is 7.30. The number of carbonyl (C=O) groups excluding carboxylic acids is 1. The third-order valence-corrected chi connectivity index (χ3v) is 4.71. The number of aromatic amines is 1. The second kappa shape index (κ2) is 9.93. The summed E-state index contributed by atoms with van der Waals surface area (Å²) in [6, 6.07) is 15.3. The summed E-state index contributed by atoms with van der Waals surface area (Å²) in [5, 5.41) is 6.01. The highest BCUT2D eigenvalue weighted by molar-refractivity contribution is 5.76. The number of methoxy groups -OCH3 is 1. The van der Waals surface area contributed by atoms with Gasteiger partial charge in [-0.25, -0.2) is 9.78 Å². The number of aromatic nitrogens is 2. The molecule has 0 aliphatic carbocycles. The van der Waals surface area contributed by atoms with E-state index < -0.39 is 0 Å². The third kappa shape index (κ3) is 5.96. The van der Waals surface area contributed by atoms with Crippen LogP contribution in [0, 0.1) is 0 Å². The summed E-state index contributed by atoms with van der Waals surface area (Å²) >= 11 is 0. The fraction of sp³-hybridized carbons (Fsp3) is 0.364. The average molecular weight is 396 g/mol. The van der Waals surface area contributed by atoms with E-state index in [0.29, 0.717) is 13.0 Å². The molecule has 29 heavy (non-hydrogen) atoms. The van der Waals surface area contributed by atoms with Crippen LogP contribution < -0.4 is 15.4 Å². The highest BCUT2D eigenvalue weighted by Gasteiger charge is 2.19. The number of rotatable bonds is 9. The molecule has 3 rings (SSSR count). The Bertz CT molecular complexity index is 887. The molecule has 0 aliphatic heterocycles. The SMILES string of the molecule is COc1ccc(CC(NC(=O)NCCCN(C)C)c2nc3ccccc3[nH]2)cc1. The van der Waals surface area contributed by atoms with Crippen molar-refractivity contribution in [1.29, 1.82) is 0 Å². The van der Waals surface area contributed by atoms with E-state index in [1.807, 2.05) is 62.6 Å². The number of nitrogens with one attached hydrogen (secondary N) is 3. The molecule has 0 aliphatic rings. The number of imidazole rings is 1. The van der Waals surface area contributed by atoms with E-state index in [-0.39, 0.29) is 12.1 Å². The standard InChI is InChI=1S/C22H29N5O2/c1-27(2)14-6-13-23-22(28)26-20(15-16-9-11-17(29-3)12-10-16)21-24-18-7-4-5-8-19(18)25-21/h4-5,7-12,20H,6,13-15H2,1-3H3,(H,24,25)(H2,23,26,28). The van der Waals surface area contributed by atoms with Crippen molar-refractivity contribution >= 4 is 17.1 Å². The number of fused-ring (bicyclic) bond motifs is 1. The summed E-state index contributed by atoms with van der Waals surface area (Å²) in [6.45, 7) is 1.55. The lowest BCUT2D eigenvalue weighted by Crippen LogP contribution is -2.40. The van der Waals surface area contributed by atoms with Crippen LogP contribution in [-0.4, -0.2) is 55.2 Å². The minimum Gasteiger partial charge on any atom is -0.497 e. The zero-order valence-electron chi connectivity index (χ0n) is 17.2. The summed E-state index contributed by atoms with van der Waals surface area (Å²) in [7, 11) is 5.69. The largest absolute Gasteiger partial charge is 0.497 e. The minimum absolute atomic E-state index is 0.192. The Kier molecular flexibility index (Phi) is 7.08. The molecule has 1 heterocycles. The molecule has 154 valence electrons. The fourth-order valence-electron chi connectivity index (χ4n) is 3.16. The van der Waals surface area contributed by atoms with E-state index in [0.717, 1.165) is 41.1 Å². The quantitative estimate of drug-likeness (QED) is 0.486. The van der Waals surface area contributed by atoms with E-state index >= 15 is 0 Å². The monoisotopic (exact) mass is 395 g/mol. The summed E-state index contributed by atoms with van der Waals surface area (Å²) in [5.74, 6) is 1.55. The molecule has 0 saturated heterocycles. The molecule has 1 unspecified atom stereocenters. The van der Waals surface area contributed by atoms with Crippen LogP contribution in [0.25, 0.3) is 11.0 Å². The first-order chi connectivity index (χ1) is 14.0. The molecule has 2 amide bonds. The van der Waals surface area contributed by atoms with Gasteiger partial charge in [0.25, 0.3) is 0 Å². The minimum atomic E-state index is -0.273. The Balaban J connectivity index is 1.72. The zero-order chi connectivity index (χ0) is 20.6. The van der Waals surface area contributed by atoms with Crippen LogP contribution in [0.3, 0.4) is 0 Å². The van der Waals surface area contributed by atoms with E-state index in [4.69, 9.17) is 4.74 Å². The van der Waals surface area contributed by atoms with Gasteiger partial charge in [-0.15, -0.1) is 0 Å². The Labute approximate surface area is 171 Å². The van der Waals surface area contributed by atoms with Crippen molar-refractivity contribution in [3.8, 4) is 5.75 Å².